The highest BCUT2D eigenvalue weighted by atomic mass is 31.2. The number of hydrogen-bond acceptors (Lipinski definition) is 2. The Kier molecular flexibility index (Phi) is 6.91. The molecule has 0 saturated heterocycles. The Morgan fingerprint density at radius 1 is 0.714 bits per heavy atom. The van der Waals surface area contributed by atoms with Gasteiger partial charge in [-0.25, -0.2) is 0 Å². The third kappa shape index (κ3) is 4.64. The molecule has 0 atom stereocenters. The molecule has 3 rings (SSSR count). The molecule has 2 nitrogen and oxygen atoms in total. The van der Waals surface area contributed by atoms with Gasteiger partial charge >= 0.3 is 0 Å². The molecule has 0 aromatic heterocycles. The minimum atomic E-state index is -1.89. The van der Waals surface area contributed by atoms with Crippen molar-refractivity contribution in [1.29, 1.82) is 0 Å². The molecule has 0 fully saturated rings. The lowest BCUT2D eigenvalue weighted by Crippen LogP contribution is -2.29. The Balaban J connectivity index is 2.13. The Morgan fingerprint density at radius 3 is 1.46 bits per heavy atom. The lowest BCUT2D eigenvalue weighted by molar-refractivity contribution is -0.195. The van der Waals surface area contributed by atoms with Gasteiger partial charge in [-0.15, -0.1) is 0 Å². The summed E-state index contributed by atoms with van der Waals surface area (Å²) in [5, 5.41) is 4.08. The van der Waals surface area contributed by atoms with Gasteiger partial charge in [-0.2, -0.15) is 0 Å². The van der Waals surface area contributed by atoms with Crippen LogP contribution >= 0.6 is 6.89 Å². The molecule has 0 unspecified atom stereocenters. The van der Waals surface area contributed by atoms with Crippen molar-refractivity contribution in [2.45, 2.75) is 26.1 Å². The molecule has 0 amide bonds. The molecule has 0 spiro atoms. The standard InChI is InChI=1S/C25H29O2P/c1-25(2,26-3)27-20-13-21-28(22-14-7-4-8-15-22,23-16-9-5-10-17-23)24-18-11-6-12-19-24/h4-12,14-19,21H,13,20H2,1-3H3. The van der Waals surface area contributed by atoms with Crippen LogP contribution in [0.1, 0.15) is 20.3 Å². The maximum atomic E-state index is 5.95. The molecule has 0 aliphatic heterocycles. The van der Waals surface area contributed by atoms with Crippen molar-refractivity contribution in [2.24, 2.45) is 0 Å². The van der Waals surface area contributed by atoms with E-state index in [9.17, 15) is 0 Å². The zero-order valence-electron chi connectivity index (χ0n) is 16.9. The lowest BCUT2D eigenvalue weighted by atomic mass is 10.4. The predicted molar refractivity (Wildman–Crippen MR) is 123 cm³/mol. The first kappa shape index (κ1) is 20.6. The van der Waals surface area contributed by atoms with Gasteiger partial charge in [-0.05, 0) is 43.1 Å². The van der Waals surface area contributed by atoms with Gasteiger partial charge < -0.3 is 9.47 Å². The van der Waals surface area contributed by atoms with Gasteiger partial charge in [0.1, 0.15) is 0 Å². The first-order valence-electron chi connectivity index (χ1n) is 9.67. The average Bonchev–Trinajstić information content (AvgIpc) is 2.76. The molecular formula is C25H29O2P. The highest BCUT2D eigenvalue weighted by Gasteiger charge is 2.24. The number of rotatable bonds is 8. The van der Waals surface area contributed by atoms with Gasteiger partial charge in [0.05, 0.1) is 6.61 Å². The van der Waals surface area contributed by atoms with Crippen LogP contribution in [0.2, 0.25) is 0 Å². The summed E-state index contributed by atoms with van der Waals surface area (Å²) < 4.78 is 11.3. The second kappa shape index (κ2) is 9.39. The van der Waals surface area contributed by atoms with E-state index >= 15 is 0 Å². The van der Waals surface area contributed by atoms with E-state index in [0.717, 1.165) is 6.42 Å². The number of benzene rings is 3. The zero-order chi connectivity index (χ0) is 19.9. The van der Waals surface area contributed by atoms with Crippen LogP contribution in [0.3, 0.4) is 0 Å². The van der Waals surface area contributed by atoms with Crippen LogP contribution in [0.4, 0.5) is 0 Å². The van der Waals surface area contributed by atoms with E-state index in [0.29, 0.717) is 6.61 Å². The van der Waals surface area contributed by atoms with Crippen molar-refractivity contribution in [3.63, 3.8) is 0 Å². The van der Waals surface area contributed by atoms with Crippen molar-refractivity contribution in [3.8, 4) is 0 Å². The normalized spacial score (nSPS) is 12.0. The molecule has 0 saturated carbocycles. The summed E-state index contributed by atoms with van der Waals surface area (Å²) in [7, 11) is 1.68. The van der Waals surface area contributed by atoms with Crippen molar-refractivity contribution in [2.75, 3.05) is 13.7 Å². The van der Waals surface area contributed by atoms with E-state index in [1.54, 1.807) is 7.11 Å². The smallest absolute Gasteiger partial charge is 0.162 e. The van der Waals surface area contributed by atoms with Crippen LogP contribution in [0.15, 0.2) is 91.0 Å². The van der Waals surface area contributed by atoms with Gasteiger partial charge in [0.2, 0.25) is 0 Å². The van der Waals surface area contributed by atoms with E-state index in [1.807, 2.05) is 13.8 Å². The fraction of sp³-hybridized carbons (Fsp3) is 0.240. The van der Waals surface area contributed by atoms with Crippen LogP contribution in [-0.2, 0) is 9.47 Å². The lowest BCUT2D eigenvalue weighted by Gasteiger charge is -2.29. The third-order valence-electron chi connectivity index (χ3n) is 4.95. The second-order valence-corrected chi connectivity index (χ2v) is 10.5. The SMILES string of the molecule is COC(C)(C)OCCC=P(c1ccccc1)(c1ccccc1)c1ccccc1. The average molecular weight is 392 g/mol. The van der Waals surface area contributed by atoms with Gasteiger partial charge in [0.25, 0.3) is 0 Å². The van der Waals surface area contributed by atoms with Crippen LogP contribution in [-0.4, -0.2) is 25.3 Å². The summed E-state index contributed by atoms with van der Waals surface area (Å²) >= 11 is 0. The summed E-state index contributed by atoms with van der Waals surface area (Å²) in [5.74, 6) is 1.92. The van der Waals surface area contributed by atoms with E-state index in [4.69, 9.17) is 9.47 Å². The van der Waals surface area contributed by atoms with E-state index in [-0.39, 0.29) is 0 Å². The summed E-state index contributed by atoms with van der Waals surface area (Å²) in [6.45, 7) is 2.62. The third-order valence-corrected chi connectivity index (χ3v) is 9.10. The van der Waals surface area contributed by atoms with Crippen LogP contribution in [0.5, 0.6) is 0 Å². The highest BCUT2D eigenvalue weighted by molar-refractivity contribution is 7.94. The molecule has 3 aromatic carbocycles. The summed E-state index contributed by atoms with van der Waals surface area (Å²) in [4.78, 5) is 0. The van der Waals surface area contributed by atoms with Crippen LogP contribution in [0, 0.1) is 0 Å². The van der Waals surface area contributed by atoms with Gasteiger partial charge in [0.15, 0.2) is 5.79 Å². The van der Waals surface area contributed by atoms with Gasteiger partial charge in [-0.3, -0.25) is 0 Å². The molecule has 146 valence electrons. The zero-order valence-corrected chi connectivity index (χ0v) is 17.8. The molecule has 0 aliphatic carbocycles. The largest absolute Gasteiger partial charge is 0.354 e. The van der Waals surface area contributed by atoms with Crippen molar-refractivity contribution >= 4 is 28.6 Å². The number of methoxy groups -OCH3 is 1. The molecule has 0 radical (unpaired) electrons. The molecule has 3 aromatic rings. The first-order valence-corrected chi connectivity index (χ1v) is 11.5. The Hall–Kier alpha value is -2.12. The molecular weight excluding hydrogens is 363 g/mol. The fourth-order valence-electron chi connectivity index (χ4n) is 3.36. The van der Waals surface area contributed by atoms with Gasteiger partial charge in [0, 0.05) is 7.11 Å². The van der Waals surface area contributed by atoms with Crippen molar-refractivity contribution in [1.82, 2.24) is 0 Å². The molecule has 28 heavy (non-hydrogen) atoms. The Morgan fingerprint density at radius 2 is 1.11 bits per heavy atom. The fourth-order valence-corrected chi connectivity index (χ4v) is 7.31. The molecule has 0 N–H and O–H groups in total. The highest BCUT2D eigenvalue weighted by Crippen LogP contribution is 2.43. The van der Waals surface area contributed by atoms with E-state index in [1.165, 1.54) is 15.9 Å². The minimum Gasteiger partial charge on any atom is -0.354 e. The van der Waals surface area contributed by atoms with Crippen LogP contribution < -0.4 is 15.9 Å². The first-order chi connectivity index (χ1) is 13.6. The topological polar surface area (TPSA) is 18.5 Å². The molecule has 0 aliphatic rings. The van der Waals surface area contributed by atoms with Crippen molar-refractivity contribution in [3.05, 3.63) is 91.0 Å². The monoisotopic (exact) mass is 392 g/mol. The predicted octanol–water partition coefficient (Wildman–Crippen LogP) is 4.57. The molecule has 0 heterocycles. The Bertz CT molecular complexity index is 800. The van der Waals surface area contributed by atoms with Gasteiger partial charge in [-0.1, -0.05) is 96.8 Å². The quantitative estimate of drug-likeness (QED) is 0.318. The summed E-state index contributed by atoms with van der Waals surface area (Å²) in [6.07, 6.45) is 0.846. The number of ether oxygens (including phenoxy) is 2. The second-order valence-electron chi connectivity index (χ2n) is 7.15. The maximum absolute atomic E-state index is 5.95. The summed E-state index contributed by atoms with van der Waals surface area (Å²) in [5.41, 5.74) is 0. The summed E-state index contributed by atoms with van der Waals surface area (Å²) in [6, 6.07) is 32.6. The number of hydrogen-bond donors (Lipinski definition) is 0. The molecule has 0 bridgehead atoms. The van der Waals surface area contributed by atoms with Crippen molar-refractivity contribution < 1.29 is 9.47 Å². The maximum Gasteiger partial charge on any atom is 0.162 e. The van der Waals surface area contributed by atoms with E-state index in [2.05, 4.69) is 96.8 Å². The van der Waals surface area contributed by atoms with E-state index < -0.39 is 12.7 Å². The molecule has 3 heteroatoms. The van der Waals surface area contributed by atoms with Crippen LogP contribution in [0.25, 0.3) is 0 Å². The minimum absolute atomic E-state index is 0.568. The Labute approximate surface area is 169 Å².